The van der Waals surface area contributed by atoms with Crippen LogP contribution in [0.25, 0.3) is 0 Å². The first-order valence-corrected chi connectivity index (χ1v) is 10.0. The fourth-order valence-corrected chi connectivity index (χ4v) is 4.51. The van der Waals surface area contributed by atoms with Crippen molar-refractivity contribution in [1.82, 2.24) is 25.1 Å². The Balaban J connectivity index is 1.41. The number of piperidine rings is 1. The monoisotopic (exact) mass is 371 g/mol. The third kappa shape index (κ3) is 3.84. The quantitative estimate of drug-likeness (QED) is 0.871. The second-order valence-corrected chi connectivity index (χ2v) is 7.84. The van der Waals surface area contributed by atoms with E-state index in [2.05, 4.69) is 20.4 Å². The van der Waals surface area contributed by atoms with Crippen molar-refractivity contribution in [2.24, 2.45) is 0 Å². The van der Waals surface area contributed by atoms with Crippen LogP contribution in [-0.4, -0.2) is 50.4 Å². The van der Waals surface area contributed by atoms with Gasteiger partial charge in [0, 0.05) is 18.7 Å². The first kappa shape index (κ1) is 18.4. The lowest BCUT2D eigenvalue weighted by atomic mass is 9.84. The molecular formula is C20H29N5O2. The molecule has 1 aliphatic carbocycles. The van der Waals surface area contributed by atoms with Gasteiger partial charge < -0.3 is 9.84 Å². The van der Waals surface area contributed by atoms with Crippen LogP contribution in [-0.2, 0) is 12.1 Å². The number of ether oxygens (including phenoxy) is 1. The zero-order valence-electron chi connectivity index (χ0n) is 16.0. The van der Waals surface area contributed by atoms with Crippen molar-refractivity contribution in [3.8, 4) is 5.75 Å². The average molecular weight is 371 g/mol. The molecule has 7 nitrogen and oxygen atoms in total. The molecule has 1 aliphatic heterocycles. The number of hydrogen-bond acceptors (Lipinski definition) is 6. The molecule has 2 aromatic rings. The van der Waals surface area contributed by atoms with Gasteiger partial charge in [0.05, 0.1) is 25.3 Å². The van der Waals surface area contributed by atoms with Crippen molar-refractivity contribution < 1.29 is 9.84 Å². The van der Waals surface area contributed by atoms with Crippen LogP contribution in [0.5, 0.6) is 5.75 Å². The maximum Gasteiger partial charge on any atom is 0.165 e. The minimum atomic E-state index is -0.835. The maximum atomic E-state index is 11.2. The Bertz CT molecular complexity index is 748. The highest BCUT2D eigenvalue weighted by molar-refractivity contribution is 5.38. The van der Waals surface area contributed by atoms with Gasteiger partial charge in [0.1, 0.15) is 5.75 Å². The van der Waals surface area contributed by atoms with E-state index in [-0.39, 0.29) is 0 Å². The van der Waals surface area contributed by atoms with E-state index < -0.39 is 5.60 Å². The summed E-state index contributed by atoms with van der Waals surface area (Å²) in [4.78, 5) is 2.34. The van der Waals surface area contributed by atoms with Gasteiger partial charge in [-0.05, 0) is 42.2 Å². The molecule has 0 radical (unpaired) electrons. The standard InChI is InChI=1S/C20H29N5O2/c1-27-18-10-6-5-9-17(18)20(26)11-13-24(14-12-20)15-19-21-22-23-25(19)16-7-3-2-4-8-16/h5-6,9-10,16,26H,2-4,7-8,11-15H2,1H3. The van der Waals surface area contributed by atoms with Crippen molar-refractivity contribution in [3.63, 3.8) is 0 Å². The second-order valence-electron chi connectivity index (χ2n) is 7.84. The first-order valence-electron chi connectivity index (χ1n) is 10.0. The molecule has 1 N–H and O–H groups in total. The number of methoxy groups -OCH3 is 1. The molecule has 0 amide bonds. The molecule has 27 heavy (non-hydrogen) atoms. The normalized spacial score (nSPS) is 21.3. The predicted octanol–water partition coefficient (Wildman–Crippen LogP) is 2.67. The lowest BCUT2D eigenvalue weighted by molar-refractivity contribution is -0.0300. The Morgan fingerprint density at radius 1 is 1.15 bits per heavy atom. The number of para-hydroxylation sites is 1. The van der Waals surface area contributed by atoms with E-state index in [9.17, 15) is 5.11 Å². The summed E-state index contributed by atoms with van der Waals surface area (Å²) in [6.45, 7) is 2.36. The molecule has 2 aliphatic rings. The third-order valence-corrected chi connectivity index (χ3v) is 6.14. The molecule has 4 rings (SSSR count). The van der Waals surface area contributed by atoms with Gasteiger partial charge in [-0.2, -0.15) is 0 Å². The largest absolute Gasteiger partial charge is 0.496 e. The maximum absolute atomic E-state index is 11.2. The number of tetrazole rings is 1. The van der Waals surface area contributed by atoms with E-state index >= 15 is 0 Å². The van der Waals surface area contributed by atoms with E-state index in [1.807, 2.05) is 28.9 Å². The number of benzene rings is 1. The van der Waals surface area contributed by atoms with Crippen LogP contribution in [0.1, 0.15) is 62.4 Å². The van der Waals surface area contributed by atoms with Crippen LogP contribution in [0.4, 0.5) is 0 Å². The van der Waals surface area contributed by atoms with Crippen LogP contribution in [0.15, 0.2) is 24.3 Å². The second kappa shape index (κ2) is 7.94. The molecule has 7 heteroatoms. The van der Waals surface area contributed by atoms with Crippen LogP contribution in [0.3, 0.4) is 0 Å². The Hall–Kier alpha value is -1.99. The minimum absolute atomic E-state index is 0.444. The molecule has 0 unspecified atom stereocenters. The molecule has 2 fully saturated rings. The molecule has 146 valence electrons. The Morgan fingerprint density at radius 2 is 1.89 bits per heavy atom. The molecule has 1 saturated heterocycles. The first-order chi connectivity index (χ1) is 13.2. The summed E-state index contributed by atoms with van der Waals surface area (Å²) in [6.07, 6.45) is 7.55. The zero-order chi connectivity index (χ0) is 18.7. The molecule has 1 aromatic heterocycles. The molecule has 2 heterocycles. The van der Waals surface area contributed by atoms with Crippen molar-refractivity contribution in [2.45, 2.75) is 63.1 Å². The van der Waals surface area contributed by atoms with Crippen molar-refractivity contribution >= 4 is 0 Å². The number of rotatable bonds is 5. The lowest BCUT2D eigenvalue weighted by Gasteiger charge is -2.39. The summed E-state index contributed by atoms with van der Waals surface area (Å²) < 4.78 is 7.50. The van der Waals surface area contributed by atoms with Gasteiger partial charge in [0.15, 0.2) is 5.82 Å². The van der Waals surface area contributed by atoms with Gasteiger partial charge in [-0.25, -0.2) is 4.68 Å². The molecule has 0 spiro atoms. The lowest BCUT2D eigenvalue weighted by Crippen LogP contribution is -2.42. The fourth-order valence-electron chi connectivity index (χ4n) is 4.51. The number of hydrogen-bond donors (Lipinski definition) is 1. The van der Waals surface area contributed by atoms with E-state index in [0.717, 1.165) is 36.8 Å². The third-order valence-electron chi connectivity index (χ3n) is 6.14. The van der Waals surface area contributed by atoms with Crippen LogP contribution in [0.2, 0.25) is 0 Å². The summed E-state index contributed by atoms with van der Waals surface area (Å²) in [5, 5.41) is 23.7. The van der Waals surface area contributed by atoms with E-state index in [1.165, 1.54) is 32.1 Å². The Morgan fingerprint density at radius 3 is 2.63 bits per heavy atom. The van der Waals surface area contributed by atoms with Gasteiger partial charge in [0.25, 0.3) is 0 Å². The number of likely N-dealkylation sites (tertiary alicyclic amines) is 1. The van der Waals surface area contributed by atoms with E-state index in [4.69, 9.17) is 4.74 Å². The van der Waals surface area contributed by atoms with Crippen LogP contribution in [0, 0.1) is 0 Å². The summed E-state index contributed by atoms with van der Waals surface area (Å²) in [5.41, 5.74) is 0.0532. The average Bonchev–Trinajstić information content (AvgIpc) is 3.18. The van der Waals surface area contributed by atoms with Gasteiger partial charge in [-0.1, -0.05) is 37.5 Å². The predicted molar refractivity (Wildman–Crippen MR) is 101 cm³/mol. The summed E-state index contributed by atoms with van der Waals surface area (Å²) in [5.74, 6) is 1.71. The Kier molecular flexibility index (Phi) is 5.41. The van der Waals surface area contributed by atoms with Gasteiger partial charge in [0.2, 0.25) is 0 Å². The fraction of sp³-hybridized carbons (Fsp3) is 0.650. The van der Waals surface area contributed by atoms with Crippen LogP contribution >= 0.6 is 0 Å². The van der Waals surface area contributed by atoms with Crippen molar-refractivity contribution in [3.05, 3.63) is 35.7 Å². The van der Waals surface area contributed by atoms with Gasteiger partial charge in [-0.3, -0.25) is 4.90 Å². The number of nitrogens with zero attached hydrogens (tertiary/aromatic N) is 5. The van der Waals surface area contributed by atoms with Gasteiger partial charge in [-0.15, -0.1) is 5.10 Å². The van der Waals surface area contributed by atoms with Crippen molar-refractivity contribution in [2.75, 3.05) is 20.2 Å². The molecule has 0 atom stereocenters. The highest BCUT2D eigenvalue weighted by Crippen LogP contribution is 2.38. The summed E-state index contributed by atoms with van der Waals surface area (Å²) >= 11 is 0. The molecule has 1 saturated carbocycles. The summed E-state index contributed by atoms with van der Waals surface area (Å²) in [6, 6.07) is 8.22. The van der Waals surface area contributed by atoms with E-state index in [1.54, 1.807) is 7.11 Å². The summed E-state index contributed by atoms with van der Waals surface area (Å²) in [7, 11) is 1.66. The van der Waals surface area contributed by atoms with E-state index in [0.29, 0.717) is 18.9 Å². The van der Waals surface area contributed by atoms with Crippen molar-refractivity contribution in [1.29, 1.82) is 0 Å². The molecular weight excluding hydrogens is 342 g/mol. The van der Waals surface area contributed by atoms with Gasteiger partial charge >= 0.3 is 0 Å². The molecule has 1 aromatic carbocycles. The highest BCUT2D eigenvalue weighted by Gasteiger charge is 2.36. The minimum Gasteiger partial charge on any atom is -0.496 e. The highest BCUT2D eigenvalue weighted by atomic mass is 16.5. The number of aromatic nitrogens is 4. The molecule has 0 bridgehead atoms. The number of aliphatic hydroxyl groups is 1. The zero-order valence-corrected chi connectivity index (χ0v) is 16.0. The Labute approximate surface area is 160 Å². The van der Waals surface area contributed by atoms with Crippen LogP contribution < -0.4 is 4.74 Å². The smallest absolute Gasteiger partial charge is 0.165 e. The topological polar surface area (TPSA) is 76.3 Å². The SMILES string of the molecule is COc1ccccc1C1(O)CCN(Cc2nnnn2C2CCCCC2)CC1.